The molecule has 0 unspecified atom stereocenters. The molecular weight excluding hydrogens is 276 g/mol. The maximum Gasteiger partial charge on any atom is 0.199 e. The molecule has 2 aliphatic rings. The van der Waals surface area contributed by atoms with E-state index in [9.17, 15) is 14.7 Å². The highest BCUT2D eigenvalue weighted by Gasteiger charge is 2.41. The van der Waals surface area contributed by atoms with Gasteiger partial charge < -0.3 is 9.84 Å². The third-order valence-electron chi connectivity index (χ3n) is 2.84. The van der Waals surface area contributed by atoms with Crippen LogP contribution in [-0.2, 0) is 14.3 Å². The van der Waals surface area contributed by atoms with Gasteiger partial charge in [0.25, 0.3) is 0 Å². The maximum absolute atomic E-state index is 11.9. The average Bonchev–Trinajstić information content (AvgIpc) is 2.20. The molecule has 1 N–H and O–H groups in total. The average molecular weight is 287 g/mol. The lowest BCUT2D eigenvalue weighted by atomic mass is 9.84. The summed E-state index contributed by atoms with van der Waals surface area (Å²) in [5.41, 5.74) is 0.449. The van der Waals surface area contributed by atoms with E-state index in [-0.39, 0.29) is 27.2 Å². The van der Waals surface area contributed by atoms with Gasteiger partial charge in [0, 0.05) is 17.2 Å². The van der Waals surface area contributed by atoms with Crippen molar-refractivity contribution >= 4 is 27.5 Å². The number of carbonyl (C=O) groups excluding carboxylic acids is 2. The van der Waals surface area contributed by atoms with Crippen LogP contribution in [0.15, 0.2) is 21.7 Å². The number of carbonyl (C=O) groups is 2. The first-order valence-corrected chi connectivity index (χ1v) is 5.76. The SMILES string of the molecule is C[C@@H]1O[C@H](C)C2=C(C(=O)C=C(Br)C2=O)[C@@H]1O. The first-order chi connectivity index (χ1) is 7.43. The van der Waals surface area contributed by atoms with E-state index < -0.39 is 18.3 Å². The molecule has 1 aliphatic carbocycles. The van der Waals surface area contributed by atoms with Crippen molar-refractivity contribution in [1.82, 2.24) is 0 Å². The molecule has 0 spiro atoms. The number of rotatable bonds is 0. The first-order valence-electron chi connectivity index (χ1n) is 4.97. The van der Waals surface area contributed by atoms with E-state index in [1.165, 1.54) is 6.08 Å². The van der Waals surface area contributed by atoms with Gasteiger partial charge in [0.05, 0.1) is 16.7 Å². The first kappa shape index (κ1) is 11.7. The Morgan fingerprint density at radius 1 is 1.31 bits per heavy atom. The van der Waals surface area contributed by atoms with E-state index in [2.05, 4.69) is 15.9 Å². The van der Waals surface area contributed by atoms with Crippen molar-refractivity contribution in [1.29, 1.82) is 0 Å². The van der Waals surface area contributed by atoms with Gasteiger partial charge in [-0.15, -0.1) is 0 Å². The molecule has 0 saturated heterocycles. The van der Waals surface area contributed by atoms with Crippen molar-refractivity contribution < 1.29 is 19.4 Å². The molecule has 0 fully saturated rings. The molecule has 4 nitrogen and oxygen atoms in total. The summed E-state index contributed by atoms with van der Waals surface area (Å²) in [5, 5.41) is 9.86. The van der Waals surface area contributed by atoms with Crippen LogP contribution in [0.25, 0.3) is 0 Å². The summed E-state index contributed by atoms with van der Waals surface area (Å²) in [6, 6.07) is 0. The smallest absolute Gasteiger partial charge is 0.199 e. The Kier molecular flexibility index (Phi) is 2.86. The largest absolute Gasteiger partial charge is 0.386 e. The predicted octanol–water partition coefficient (Wildman–Crippen LogP) is 0.882. The normalized spacial score (nSPS) is 35.0. The molecule has 0 bridgehead atoms. The summed E-state index contributed by atoms with van der Waals surface area (Å²) in [5.74, 6) is -0.607. The molecule has 1 aliphatic heterocycles. The summed E-state index contributed by atoms with van der Waals surface area (Å²) < 4.78 is 5.62. The lowest BCUT2D eigenvalue weighted by Gasteiger charge is -2.34. The number of hydrogen-bond donors (Lipinski definition) is 1. The maximum atomic E-state index is 11.9. The van der Waals surface area contributed by atoms with Crippen LogP contribution in [0, 0.1) is 0 Å². The molecule has 5 heteroatoms. The fourth-order valence-corrected chi connectivity index (χ4v) is 2.47. The van der Waals surface area contributed by atoms with E-state index in [4.69, 9.17) is 4.74 Å². The molecule has 0 radical (unpaired) electrons. The van der Waals surface area contributed by atoms with E-state index in [1.54, 1.807) is 13.8 Å². The van der Waals surface area contributed by atoms with Crippen molar-refractivity contribution in [2.45, 2.75) is 32.2 Å². The van der Waals surface area contributed by atoms with Crippen LogP contribution < -0.4 is 0 Å². The minimum Gasteiger partial charge on any atom is -0.386 e. The summed E-state index contributed by atoms with van der Waals surface area (Å²) in [6.07, 6.45) is -0.767. The Bertz CT molecular complexity index is 435. The Morgan fingerprint density at radius 3 is 2.56 bits per heavy atom. The summed E-state index contributed by atoms with van der Waals surface area (Å²) in [6.45, 7) is 3.38. The van der Waals surface area contributed by atoms with Gasteiger partial charge >= 0.3 is 0 Å². The van der Waals surface area contributed by atoms with Crippen LogP contribution in [0.5, 0.6) is 0 Å². The number of aliphatic hydroxyl groups excluding tert-OH is 1. The zero-order chi connectivity index (χ0) is 12.0. The monoisotopic (exact) mass is 286 g/mol. The lowest BCUT2D eigenvalue weighted by Crippen LogP contribution is -2.44. The Labute approximate surface area is 101 Å². The third kappa shape index (κ3) is 1.59. The van der Waals surface area contributed by atoms with Gasteiger partial charge in [-0.1, -0.05) is 0 Å². The van der Waals surface area contributed by atoms with Gasteiger partial charge in [-0.25, -0.2) is 0 Å². The number of Topliss-reactive ketones (excluding diaryl/α,β-unsaturated/α-hetero) is 1. The second kappa shape index (κ2) is 3.91. The summed E-state index contributed by atoms with van der Waals surface area (Å²) >= 11 is 3.04. The number of halogens is 1. The predicted molar refractivity (Wildman–Crippen MR) is 60.1 cm³/mol. The van der Waals surface area contributed by atoms with Crippen LogP contribution in [-0.4, -0.2) is 35.0 Å². The quantitative estimate of drug-likeness (QED) is 0.672. The van der Waals surface area contributed by atoms with Gasteiger partial charge in [0.1, 0.15) is 6.10 Å². The molecule has 0 aromatic heterocycles. The van der Waals surface area contributed by atoms with Crippen LogP contribution >= 0.6 is 15.9 Å². The minimum absolute atomic E-state index is 0.180. The van der Waals surface area contributed by atoms with Crippen molar-refractivity contribution in [2.24, 2.45) is 0 Å². The van der Waals surface area contributed by atoms with Gasteiger partial charge in [-0.2, -0.15) is 0 Å². The molecule has 16 heavy (non-hydrogen) atoms. The standard InChI is InChI=1S/C11H11BrO4/c1-4-8-9(10(14)5(2)16-4)7(13)3-6(12)11(8)15/h3-5,10,14H,1-2H3/t4-,5+,10-/m1/s1. The topological polar surface area (TPSA) is 63.6 Å². The highest BCUT2D eigenvalue weighted by molar-refractivity contribution is 9.12. The third-order valence-corrected chi connectivity index (χ3v) is 3.43. The molecule has 2 rings (SSSR count). The molecule has 86 valence electrons. The van der Waals surface area contributed by atoms with Crippen LogP contribution in [0.4, 0.5) is 0 Å². The number of aliphatic hydroxyl groups is 1. The van der Waals surface area contributed by atoms with Crippen molar-refractivity contribution in [2.75, 3.05) is 0 Å². The van der Waals surface area contributed by atoms with Gasteiger partial charge in [-0.05, 0) is 29.8 Å². The van der Waals surface area contributed by atoms with Gasteiger partial charge in [-0.3, -0.25) is 9.59 Å². The van der Waals surface area contributed by atoms with Crippen LogP contribution in [0.2, 0.25) is 0 Å². The number of hydrogen-bond acceptors (Lipinski definition) is 4. The second-order valence-corrected chi connectivity index (χ2v) is 4.80. The van der Waals surface area contributed by atoms with E-state index in [0.29, 0.717) is 0 Å². The van der Waals surface area contributed by atoms with Crippen molar-refractivity contribution in [3.05, 3.63) is 21.7 Å². The minimum atomic E-state index is -1.03. The highest BCUT2D eigenvalue weighted by atomic mass is 79.9. The number of ether oxygens (including phenoxy) is 1. The zero-order valence-corrected chi connectivity index (χ0v) is 10.4. The van der Waals surface area contributed by atoms with Crippen LogP contribution in [0.1, 0.15) is 13.8 Å². The molecule has 0 amide bonds. The Hall–Kier alpha value is -0.780. The number of allylic oxidation sites excluding steroid dienone is 2. The van der Waals surface area contributed by atoms with Gasteiger partial charge in [0.15, 0.2) is 11.6 Å². The fourth-order valence-electron chi connectivity index (χ4n) is 2.05. The van der Waals surface area contributed by atoms with Gasteiger partial charge in [0.2, 0.25) is 0 Å². The highest BCUT2D eigenvalue weighted by Crippen LogP contribution is 2.33. The molecular formula is C11H11BrO4. The molecule has 0 aromatic rings. The molecule has 3 atom stereocenters. The van der Waals surface area contributed by atoms with Crippen molar-refractivity contribution in [3.63, 3.8) is 0 Å². The lowest BCUT2D eigenvalue weighted by molar-refractivity contribution is -0.122. The zero-order valence-electron chi connectivity index (χ0n) is 8.86. The Morgan fingerprint density at radius 2 is 1.94 bits per heavy atom. The number of ketones is 2. The fraction of sp³-hybridized carbons (Fsp3) is 0.455. The molecule has 0 aromatic carbocycles. The van der Waals surface area contributed by atoms with E-state index in [0.717, 1.165) is 0 Å². The van der Waals surface area contributed by atoms with E-state index in [1.807, 2.05) is 0 Å². The summed E-state index contributed by atoms with van der Waals surface area (Å²) in [7, 11) is 0. The molecule has 0 saturated carbocycles. The van der Waals surface area contributed by atoms with E-state index >= 15 is 0 Å². The van der Waals surface area contributed by atoms with Crippen LogP contribution in [0.3, 0.4) is 0 Å². The second-order valence-electron chi connectivity index (χ2n) is 3.94. The Balaban J connectivity index is 2.56. The molecule has 1 heterocycles. The van der Waals surface area contributed by atoms with Crippen molar-refractivity contribution in [3.8, 4) is 0 Å². The summed E-state index contributed by atoms with van der Waals surface area (Å²) in [4.78, 5) is 23.6.